The minimum absolute atomic E-state index is 0.0891. The molecular weight excluding hydrogens is 408 g/mol. The molecule has 4 rings (SSSR count). The zero-order valence-corrected chi connectivity index (χ0v) is 18.6. The van der Waals surface area contributed by atoms with Crippen molar-refractivity contribution in [2.45, 2.75) is 49.6 Å². The summed E-state index contributed by atoms with van der Waals surface area (Å²) in [5.41, 5.74) is 1.35. The number of nitrogens with one attached hydrogen (secondary N) is 1. The van der Waals surface area contributed by atoms with Crippen LogP contribution in [0.1, 0.15) is 48.0 Å². The highest BCUT2D eigenvalue weighted by atomic mass is 32.2. The Hall–Kier alpha value is -2.70. The van der Waals surface area contributed by atoms with E-state index in [4.69, 9.17) is 0 Å². The topological polar surface area (TPSA) is 66.5 Å². The van der Waals surface area contributed by atoms with Gasteiger partial charge in [0, 0.05) is 25.2 Å². The Morgan fingerprint density at radius 1 is 0.935 bits per heavy atom. The van der Waals surface area contributed by atoms with Gasteiger partial charge in [-0.1, -0.05) is 61.7 Å². The summed E-state index contributed by atoms with van der Waals surface area (Å²) in [7, 11) is -2.08. The molecule has 1 aliphatic rings. The van der Waals surface area contributed by atoms with Crippen LogP contribution in [0, 0.1) is 0 Å². The van der Waals surface area contributed by atoms with E-state index < -0.39 is 10.0 Å². The summed E-state index contributed by atoms with van der Waals surface area (Å²) in [6.45, 7) is 0.194. The van der Waals surface area contributed by atoms with E-state index in [1.807, 2.05) is 42.5 Å². The van der Waals surface area contributed by atoms with E-state index in [9.17, 15) is 13.2 Å². The molecule has 162 valence electrons. The molecule has 1 N–H and O–H groups in total. The van der Waals surface area contributed by atoms with Crippen molar-refractivity contribution in [1.82, 2.24) is 9.62 Å². The molecule has 0 saturated heterocycles. The summed E-state index contributed by atoms with van der Waals surface area (Å²) < 4.78 is 27.5. The highest BCUT2D eigenvalue weighted by molar-refractivity contribution is 7.89. The van der Waals surface area contributed by atoms with E-state index in [0.717, 1.165) is 42.0 Å². The molecule has 5 nitrogen and oxygen atoms in total. The molecule has 1 saturated carbocycles. The molecule has 0 spiro atoms. The third-order valence-electron chi connectivity index (χ3n) is 5.96. The summed E-state index contributed by atoms with van der Waals surface area (Å²) in [4.78, 5) is 12.9. The van der Waals surface area contributed by atoms with Crippen molar-refractivity contribution in [3.05, 3.63) is 77.9 Å². The molecule has 0 unspecified atom stereocenters. The summed E-state index contributed by atoms with van der Waals surface area (Å²) in [5.74, 6) is -0.0891. The minimum Gasteiger partial charge on any atom is -0.349 e. The van der Waals surface area contributed by atoms with E-state index in [-0.39, 0.29) is 23.4 Å². The van der Waals surface area contributed by atoms with Crippen molar-refractivity contribution in [1.29, 1.82) is 0 Å². The van der Waals surface area contributed by atoms with Crippen molar-refractivity contribution in [3.8, 4) is 0 Å². The van der Waals surface area contributed by atoms with Crippen LogP contribution in [0.25, 0.3) is 10.8 Å². The first-order valence-electron chi connectivity index (χ1n) is 10.8. The molecule has 6 heteroatoms. The number of amides is 1. The van der Waals surface area contributed by atoms with Gasteiger partial charge in [-0.3, -0.25) is 4.79 Å². The van der Waals surface area contributed by atoms with Gasteiger partial charge in [-0.15, -0.1) is 0 Å². The van der Waals surface area contributed by atoms with Gasteiger partial charge >= 0.3 is 0 Å². The fraction of sp³-hybridized carbons (Fsp3) is 0.320. The Bertz CT molecular complexity index is 1180. The number of carbonyl (C=O) groups is 1. The Morgan fingerprint density at radius 2 is 1.68 bits per heavy atom. The van der Waals surface area contributed by atoms with Gasteiger partial charge in [0.2, 0.25) is 10.0 Å². The second-order valence-corrected chi connectivity index (χ2v) is 10.3. The summed E-state index contributed by atoms with van der Waals surface area (Å²) >= 11 is 0. The van der Waals surface area contributed by atoms with Gasteiger partial charge < -0.3 is 5.32 Å². The third-order valence-corrected chi connectivity index (χ3v) is 7.76. The van der Waals surface area contributed by atoms with E-state index in [1.165, 1.54) is 10.7 Å². The lowest BCUT2D eigenvalue weighted by Gasteiger charge is -2.23. The van der Waals surface area contributed by atoms with Crippen LogP contribution in [0.5, 0.6) is 0 Å². The first kappa shape index (κ1) is 21.5. The molecule has 0 radical (unpaired) electrons. The van der Waals surface area contributed by atoms with Gasteiger partial charge in [0.15, 0.2) is 0 Å². The SMILES string of the molecule is CN(Cc1cccc(C(=O)NC2CCCCC2)c1)S(=O)(=O)c1ccc2ccccc2c1. The maximum atomic E-state index is 13.1. The Kier molecular flexibility index (Phi) is 6.39. The molecule has 1 fully saturated rings. The van der Waals surface area contributed by atoms with Gasteiger partial charge in [0.1, 0.15) is 0 Å². The number of nitrogens with zero attached hydrogens (tertiary/aromatic N) is 1. The normalized spacial score (nSPS) is 15.3. The second-order valence-electron chi connectivity index (χ2n) is 8.28. The molecule has 0 aromatic heterocycles. The van der Waals surface area contributed by atoms with Crippen molar-refractivity contribution < 1.29 is 13.2 Å². The summed E-state index contributed by atoms with van der Waals surface area (Å²) in [6, 6.07) is 20.3. The van der Waals surface area contributed by atoms with E-state index >= 15 is 0 Å². The second kappa shape index (κ2) is 9.20. The van der Waals surface area contributed by atoms with E-state index in [0.29, 0.717) is 5.56 Å². The number of hydrogen-bond donors (Lipinski definition) is 1. The molecule has 3 aromatic carbocycles. The van der Waals surface area contributed by atoms with Gasteiger partial charge in [-0.05, 0) is 53.4 Å². The minimum atomic E-state index is -3.65. The maximum Gasteiger partial charge on any atom is 0.251 e. The molecule has 1 amide bonds. The van der Waals surface area contributed by atoms with Crippen LogP contribution < -0.4 is 5.32 Å². The fourth-order valence-corrected chi connectivity index (χ4v) is 5.37. The number of benzene rings is 3. The van der Waals surface area contributed by atoms with Crippen LogP contribution in [-0.2, 0) is 16.6 Å². The van der Waals surface area contributed by atoms with Crippen LogP contribution in [0.2, 0.25) is 0 Å². The van der Waals surface area contributed by atoms with Crippen LogP contribution in [0.3, 0.4) is 0 Å². The molecule has 0 atom stereocenters. The average molecular weight is 437 g/mol. The summed E-state index contributed by atoms with van der Waals surface area (Å²) in [5, 5.41) is 5.01. The van der Waals surface area contributed by atoms with Crippen LogP contribution >= 0.6 is 0 Å². The first-order valence-corrected chi connectivity index (χ1v) is 12.2. The molecule has 31 heavy (non-hydrogen) atoms. The predicted octanol–water partition coefficient (Wildman–Crippen LogP) is 4.72. The van der Waals surface area contributed by atoms with E-state index in [2.05, 4.69) is 5.32 Å². The molecule has 1 aliphatic carbocycles. The van der Waals surface area contributed by atoms with E-state index in [1.54, 1.807) is 31.3 Å². The van der Waals surface area contributed by atoms with Gasteiger partial charge in [0.25, 0.3) is 5.91 Å². The fourth-order valence-electron chi connectivity index (χ4n) is 4.18. The molecule has 3 aromatic rings. The van der Waals surface area contributed by atoms with Crippen LogP contribution in [0.4, 0.5) is 0 Å². The monoisotopic (exact) mass is 436 g/mol. The molecule has 0 aliphatic heterocycles. The smallest absolute Gasteiger partial charge is 0.251 e. The zero-order valence-electron chi connectivity index (χ0n) is 17.8. The van der Waals surface area contributed by atoms with Crippen molar-refractivity contribution >= 4 is 26.7 Å². The highest BCUT2D eigenvalue weighted by Gasteiger charge is 2.22. The highest BCUT2D eigenvalue weighted by Crippen LogP contribution is 2.23. The van der Waals surface area contributed by atoms with Gasteiger partial charge in [-0.2, -0.15) is 4.31 Å². The number of hydrogen-bond acceptors (Lipinski definition) is 3. The zero-order chi connectivity index (χ0) is 21.8. The van der Waals surface area contributed by atoms with Gasteiger partial charge in [-0.25, -0.2) is 8.42 Å². The van der Waals surface area contributed by atoms with Crippen LogP contribution in [-0.4, -0.2) is 31.7 Å². The number of rotatable bonds is 6. The lowest BCUT2D eigenvalue weighted by molar-refractivity contribution is 0.0927. The molecule has 0 bridgehead atoms. The quantitative estimate of drug-likeness (QED) is 0.608. The molecule has 0 heterocycles. The average Bonchev–Trinajstić information content (AvgIpc) is 2.79. The molecular formula is C25H28N2O3S. The van der Waals surface area contributed by atoms with Crippen molar-refractivity contribution in [2.24, 2.45) is 0 Å². The Balaban J connectivity index is 1.48. The maximum absolute atomic E-state index is 13.1. The predicted molar refractivity (Wildman–Crippen MR) is 123 cm³/mol. The Labute approximate surface area is 184 Å². The lowest BCUT2D eigenvalue weighted by atomic mass is 9.95. The number of fused-ring (bicyclic) bond motifs is 1. The lowest BCUT2D eigenvalue weighted by Crippen LogP contribution is -2.36. The Morgan fingerprint density at radius 3 is 2.45 bits per heavy atom. The standard InChI is InChI=1S/C25H28N2O3S/c1-27(31(29,30)24-15-14-20-9-5-6-10-21(20)17-24)18-19-8-7-11-22(16-19)25(28)26-23-12-3-2-4-13-23/h5-11,14-17,23H,2-4,12-13,18H2,1H3,(H,26,28). The summed E-state index contributed by atoms with van der Waals surface area (Å²) in [6.07, 6.45) is 5.60. The van der Waals surface area contributed by atoms with Crippen molar-refractivity contribution in [3.63, 3.8) is 0 Å². The first-order chi connectivity index (χ1) is 14.9. The van der Waals surface area contributed by atoms with Crippen molar-refractivity contribution in [2.75, 3.05) is 7.05 Å². The van der Waals surface area contributed by atoms with Gasteiger partial charge in [0.05, 0.1) is 4.90 Å². The number of sulfonamides is 1. The third kappa shape index (κ3) is 4.97. The number of carbonyl (C=O) groups excluding carboxylic acids is 1. The van der Waals surface area contributed by atoms with Crippen LogP contribution in [0.15, 0.2) is 71.6 Å². The largest absolute Gasteiger partial charge is 0.349 e.